The monoisotopic (exact) mass is 265 g/mol. The van der Waals surface area contributed by atoms with Crippen molar-refractivity contribution < 1.29 is 9.90 Å². The molecule has 4 heteroatoms. The maximum atomic E-state index is 10.9. The molecule has 2 N–H and O–H groups in total. The van der Waals surface area contributed by atoms with E-state index in [2.05, 4.69) is 20.9 Å². The highest BCUT2D eigenvalue weighted by atomic mass is 79.9. The van der Waals surface area contributed by atoms with Crippen molar-refractivity contribution >= 4 is 21.9 Å². The number of H-pyrrole nitrogens is 1. The van der Waals surface area contributed by atoms with Gasteiger partial charge < -0.3 is 10.1 Å². The van der Waals surface area contributed by atoms with Crippen molar-refractivity contribution in [2.24, 2.45) is 0 Å². The predicted octanol–water partition coefficient (Wildman–Crippen LogP) is 3.14. The first-order valence-electron chi connectivity index (χ1n) is 4.34. The van der Waals surface area contributed by atoms with Gasteiger partial charge in [0.25, 0.3) is 0 Å². The van der Waals surface area contributed by atoms with E-state index in [0.717, 1.165) is 10.0 Å². The lowest BCUT2D eigenvalue weighted by Gasteiger charge is -2.00. The number of hydrogen-bond acceptors (Lipinski definition) is 1. The molecule has 1 aromatic carbocycles. The van der Waals surface area contributed by atoms with Crippen LogP contribution in [0.5, 0.6) is 0 Å². The minimum atomic E-state index is -0.922. The van der Waals surface area contributed by atoms with Gasteiger partial charge in [-0.3, -0.25) is 0 Å². The van der Waals surface area contributed by atoms with Crippen molar-refractivity contribution in [3.63, 3.8) is 0 Å². The Bertz CT molecular complexity index is 488. The number of rotatable bonds is 2. The Morgan fingerprint density at radius 3 is 2.47 bits per heavy atom. The van der Waals surface area contributed by atoms with Gasteiger partial charge >= 0.3 is 5.97 Å². The molecule has 76 valence electrons. The van der Waals surface area contributed by atoms with Crippen molar-refractivity contribution in [2.75, 3.05) is 0 Å². The van der Waals surface area contributed by atoms with E-state index < -0.39 is 5.97 Å². The first kappa shape index (κ1) is 9.98. The molecule has 0 aliphatic carbocycles. The summed E-state index contributed by atoms with van der Waals surface area (Å²) in [5, 5.41) is 8.94. The minimum Gasteiger partial charge on any atom is -0.478 e. The van der Waals surface area contributed by atoms with Crippen molar-refractivity contribution in [1.29, 1.82) is 0 Å². The van der Waals surface area contributed by atoms with E-state index in [1.165, 1.54) is 6.20 Å². The van der Waals surface area contributed by atoms with Gasteiger partial charge in [-0.15, -0.1) is 0 Å². The molecule has 0 fully saturated rings. The summed E-state index contributed by atoms with van der Waals surface area (Å²) < 4.78 is 0.971. The number of carboxylic acid groups (broad SMARTS) is 1. The summed E-state index contributed by atoms with van der Waals surface area (Å²) in [6.07, 6.45) is 3.17. The lowest BCUT2D eigenvalue weighted by Crippen LogP contribution is -1.95. The van der Waals surface area contributed by atoms with Gasteiger partial charge in [-0.25, -0.2) is 4.79 Å². The molecule has 0 saturated heterocycles. The van der Waals surface area contributed by atoms with E-state index in [1.807, 2.05) is 24.3 Å². The van der Waals surface area contributed by atoms with Crippen LogP contribution >= 0.6 is 15.9 Å². The van der Waals surface area contributed by atoms with Crippen LogP contribution in [-0.2, 0) is 0 Å². The number of carbonyl (C=O) groups is 1. The Morgan fingerprint density at radius 2 is 1.87 bits per heavy atom. The summed E-state index contributed by atoms with van der Waals surface area (Å²) in [7, 11) is 0. The molecule has 0 amide bonds. The van der Waals surface area contributed by atoms with Gasteiger partial charge in [0, 0.05) is 22.4 Å². The third-order valence-corrected chi connectivity index (χ3v) is 2.66. The average molecular weight is 266 g/mol. The van der Waals surface area contributed by atoms with E-state index in [4.69, 9.17) is 5.11 Å². The van der Waals surface area contributed by atoms with Crippen molar-refractivity contribution in [2.45, 2.75) is 0 Å². The predicted molar refractivity (Wildman–Crippen MR) is 60.9 cm³/mol. The second-order valence-corrected chi connectivity index (χ2v) is 4.01. The van der Waals surface area contributed by atoms with E-state index in [1.54, 1.807) is 6.20 Å². The van der Waals surface area contributed by atoms with Crippen molar-refractivity contribution in [3.8, 4) is 11.1 Å². The van der Waals surface area contributed by atoms with Gasteiger partial charge in [0.1, 0.15) is 0 Å². The Hall–Kier alpha value is -1.55. The van der Waals surface area contributed by atoms with E-state index >= 15 is 0 Å². The molecule has 0 unspecified atom stereocenters. The first-order chi connectivity index (χ1) is 7.18. The third-order valence-electron chi connectivity index (χ3n) is 2.13. The summed E-state index contributed by atoms with van der Waals surface area (Å²) in [4.78, 5) is 13.7. The lowest BCUT2D eigenvalue weighted by atomic mass is 10.1. The molecule has 0 spiro atoms. The summed E-state index contributed by atoms with van der Waals surface area (Å²) in [5.74, 6) is -0.922. The Morgan fingerprint density at radius 1 is 1.20 bits per heavy atom. The molecular weight excluding hydrogens is 258 g/mol. The maximum absolute atomic E-state index is 10.9. The molecule has 1 aromatic heterocycles. The van der Waals surface area contributed by atoms with E-state index in [0.29, 0.717) is 5.56 Å². The number of hydrogen-bond donors (Lipinski definition) is 2. The standard InChI is InChI=1S/C11H8BrNO2/c12-8-3-1-7(2-4-8)9-5-13-6-10(9)11(14)15/h1-6,13H,(H,14,15). The van der Waals surface area contributed by atoms with Gasteiger partial charge in [0.2, 0.25) is 0 Å². The number of benzene rings is 1. The summed E-state index contributed by atoms with van der Waals surface area (Å²) >= 11 is 3.33. The van der Waals surface area contributed by atoms with E-state index in [-0.39, 0.29) is 5.56 Å². The van der Waals surface area contributed by atoms with Crippen LogP contribution in [0.3, 0.4) is 0 Å². The normalized spacial score (nSPS) is 10.2. The Balaban J connectivity index is 2.49. The van der Waals surface area contributed by atoms with Gasteiger partial charge in [-0.05, 0) is 17.7 Å². The molecule has 0 aliphatic rings. The summed E-state index contributed by atoms with van der Waals surface area (Å²) in [6, 6.07) is 7.52. The molecule has 2 rings (SSSR count). The number of aromatic amines is 1. The molecule has 3 nitrogen and oxygen atoms in total. The number of nitrogens with one attached hydrogen (secondary N) is 1. The molecule has 0 atom stereocenters. The van der Waals surface area contributed by atoms with E-state index in [9.17, 15) is 4.79 Å². The number of aromatic nitrogens is 1. The van der Waals surface area contributed by atoms with Gasteiger partial charge in [0.05, 0.1) is 5.56 Å². The molecule has 15 heavy (non-hydrogen) atoms. The molecule has 1 heterocycles. The minimum absolute atomic E-state index is 0.289. The van der Waals surface area contributed by atoms with Crippen LogP contribution in [0.15, 0.2) is 41.1 Å². The molecule has 2 aromatic rings. The largest absolute Gasteiger partial charge is 0.478 e. The lowest BCUT2D eigenvalue weighted by molar-refractivity contribution is 0.0698. The third kappa shape index (κ3) is 1.94. The molecule has 0 bridgehead atoms. The van der Waals surface area contributed by atoms with Crippen LogP contribution in [0.25, 0.3) is 11.1 Å². The van der Waals surface area contributed by atoms with Gasteiger partial charge in [0.15, 0.2) is 0 Å². The fourth-order valence-electron chi connectivity index (χ4n) is 1.41. The number of halogens is 1. The van der Waals surface area contributed by atoms with Crippen LogP contribution in [0.2, 0.25) is 0 Å². The molecule has 0 aliphatic heterocycles. The van der Waals surface area contributed by atoms with Crippen molar-refractivity contribution in [3.05, 3.63) is 46.7 Å². The van der Waals surface area contributed by atoms with Crippen LogP contribution in [0.4, 0.5) is 0 Å². The SMILES string of the molecule is O=C(O)c1c[nH]cc1-c1ccc(Br)cc1. The zero-order valence-electron chi connectivity index (χ0n) is 7.70. The zero-order valence-corrected chi connectivity index (χ0v) is 9.28. The Kier molecular flexibility index (Phi) is 2.60. The summed E-state index contributed by atoms with van der Waals surface area (Å²) in [6.45, 7) is 0. The zero-order chi connectivity index (χ0) is 10.8. The highest BCUT2D eigenvalue weighted by Gasteiger charge is 2.11. The number of aromatic carboxylic acids is 1. The quantitative estimate of drug-likeness (QED) is 0.877. The second-order valence-electron chi connectivity index (χ2n) is 3.09. The van der Waals surface area contributed by atoms with Crippen LogP contribution in [0, 0.1) is 0 Å². The molecular formula is C11H8BrNO2. The Labute approximate surface area is 94.9 Å². The van der Waals surface area contributed by atoms with Crippen molar-refractivity contribution in [1.82, 2.24) is 4.98 Å². The average Bonchev–Trinajstić information content (AvgIpc) is 2.67. The second kappa shape index (κ2) is 3.90. The van der Waals surface area contributed by atoms with Crippen LogP contribution in [-0.4, -0.2) is 16.1 Å². The van der Waals surface area contributed by atoms with Crippen LogP contribution < -0.4 is 0 Å². The van der Waals surface area contributed by atoms with Crippen LogP contribution in [0.1, 0.15) is 10.4 Å². The maximum Gasteiger partial charge on any atom is 0.337 e. The highest BCUT2D eigenvalue weighted by molar-refractivity contribution is 9.10. The molecule has 0 saturated carbocycles. The first-order valence-corrected chi connectivity index (χ1v) is 5.14. The van der Waals surface area contributed by atoms with Gasteiger partial charge in [-0.2, -0.15) is 0 Å². The fourth-order valence-corrected chi connectivity index (χ4v) is 1.67. The number of carboxylic acids is 1. The van der Waals surface area contributed by atoms with Gasteiger partial charge in [-0.1, -0.05) is 28.1 Å². The fraction of sp³-hybridized carbons (Fsp3) is 0. The molecule has 0 radical (unpaired) electrons. The summed E-state index contributed by atoms with van der Waals surface area (Å²) in [5.41, 5.74) is 1.88. The topological polar surface area (TPSA) is 53.1 Å². The highest BCUT2D eigenvalue weighted by Crippen LogP contribution is 2.24. The smallest absolute Gasteiger partial charge is 0.337 e.